The monoisotopic (exact) mass is 251 g/mol. The second-order valence-corrected chi connectivity index (χ2v) is 4.96. The molecule has 1 fully saturated rings. The number of benzene rings is 1. The van der Waals surface area contributed by atoms with E-state index in [1.807, 2.05) is 12.1 Å². The minimum Gasteiger partial charge on any atom is -0.380 e. The van der Waals surface area contributed by atoms with E-state index in [2.05, 4.69) is 5.32 Å². The van der Waals surface area contributed by atoms with Crippen molar-refractivity contribution < 1.29 is 9.13 Å². The van der Waals surface area contributed by atoms with E-state index in [1.165, 1.54) is 18.9 Å². The number of rotatable bonds is 5. The molecule has 1 aliphatic rings. The summed E-state index contributed by atoms with van der Waals surface area (Å²) >= 11 is 0. The lowest BCUT2D eigenvalue weighted by Crippen LogP contribution is -2.43. The highest BCUT2D eigenvalue weighted by molar-refractivity contribution is 5.17. The smallest absolute Gasteiger partial charge is 0.126 e. The predicted octanol–water partition coefficient (Wildman–Crippen LogP) is 2.92. The summed E-state index contributed by atoms with van der Waals surface area (Å²) in [6.45, 7) is 0.811. The van der Waals surface area contributed by atoms with Crippen LogP contribution in [0.5, 0.6) is 0 Å². The Labute approximate surface area is 109 Å². The minimum absolute atomic E-state index is 0.105. The maximum absolute atomic E-state index is 13.4. The molecule has 1 aromatic carbocycles. The summed E-state index contributed by atoms with van der Waals surface area (Å²) in [4.78, 5) is 0. The third-order valence-corrected chi connectivity index (χ3v) is 3.76. The molecule has 1 aliphatic carbocycles. The van der Waals surface area contributed by atoms with Crippen molar-refractivity contribution in [2.75, 3.05) is 13.7 Å². The van der Waals surface area contributed by atoms with Crippen LogP contribution < -0.4 is 5.32 Å². The van der Waals surface area contributed by atoms with Crippen molar-refractivity contribution >= 4 is 0 Å². The van der Waals surface area contributed by atoms with Crippen LogP contribution in [0.1, 0.15) is 31.2 Å². The lowest BCUT2D eigenvalue weighted by molar-refractivity contribution is 0.0421. The van der Waals surface area contributed by atoms with Gasteiger partial charge in [-0.2, -0.15) is 0 Å². The highest BCUT2D eigenvalue weighted by Crippen LogP contribution is 2.20. The maximum Gasteiger partial charge on any atom is 0.126 e. The molecule has 1 aromatic rings. The summed E-state index contributed by atoms with van der Waals surface area (Å²) in [6.07, 6.45) is 5.86. The average molecular weight is 251 g/mol. The third kappa shape index (κ3) is 3.53. The Hall–Kier alpha value is -0.930. The van der Waals surface area contributed by atoms with Crippen molar-refractivity contribution in [1.82, 2.24) is 5.32 Å². The molecule has 0 heterocycles. The van der Waals surface area contributed by atoms with Crippen molar-refractivity contribution in [2.45, 2.75) is 44.2 Å². The van der Waals surface area contributed by atoms with Crippen LogP contribution in [0.2, 0.25) is 0 Å². The number of hydrogen-bond donors (Lipinski definition) is 1. The van der Waals surface area contributed by atoms with Crippen LogP contribution in [-0.4, -0.2) is 25.8 Å². The van der Waals surface area contributed by atoms with Crippen molar-refractivity contribution in [3.05, 3.63) is 35.6 Å². The van der Waals surface area contributed by atoms with E-state index in [9.17, 15) is 4.39 Å². The van der Waals surface area contributed by atoms with E-state index < -0.39 is 0 Å². The predicted molar refractivity (Wildman–Crippen MR) is 71.2 cm³/mol. The molecule has 1 N–H and O–H groups in total. The van der Waals surface area contributed by atoms with E-state index in [-0.39, 0.29) is 5.82 Å². The Morgan fingerprint density at radius 3 is 2.83 bits per heavy atom. The number of ether oxygens (including phenoxy) is 1. The molecule has 0 radical (unpaired) electrons. The number of methoxy groups -OCH3 is 1. The van der Waals surface area contributed by atoms with Gasteiger partial charge in [0.25, 0.3) is 0 Å². The number of nitrogens with one attached hydrogen (secondary N) is 1. The molecular weight excluding hydrogens is 229 g/mol. The Balaban J connectivity index is 1.79. The Morgan fingerprint density at radius 2 is 2.06 bits per heavy atom. The average Bonchev–Trinajstić information content (AvgIpc) is 2.41. The zero-order valence-corrected chi connectivity index (χ0v) is 11.0. The maximum atomic E-state index is 13.4. The van der Waals surface area contributed by atoms with Gasteiger partial charge < -0.3 is 10.1 Å². The molecule has 0 bridgehead atoms. The van der Waals surface area contributed by atoms with Gasteiger partial charge in [0.15, 0.2) is 0 Å². The lowest BCUT2D eigenvalue weighted by Gasteiger charge is -2.31. The fourth-order valence-corrected chi connectivity index (χ4v) is 2.71. The molecule has 0 aliphatic heterocycles. The fourth-order valence-electron chi connectivity index (χ4n) is 2.71. The molecule has 0 saturated heterocycles. The van der Waals surface area contributed by atoms with Gasteiger partial charge in [-0.25, -0.2) is 4.39 Å². The topological polar surface area (TPSA) is 21.3 Å². The summed E-state index contributed by atoms with van der Waals surface area (Å²) in [6, 6.07) is 7.42. The normalized spacial score (nSPS) is 24.1. The first kappa shape index (κ1) is 13.5. The van der Waals surface area contributed by atoms with Crippen LogP contribution in [0.25, 0.3) is 0 Å². The summed E-state index contributed by atoms with van der Waals surface area (Å²) < 4.78 is 18.9. The Bertz CT molecular complexity index is 369. The van der Waals surface area contributed by atoms with Gasteiger partial charge in [-0.1, -0.05) is 31.0 Å². The Kier molecular flexibility index (Phi) is 5.14. The molecule has 0 spiro atoms. The van der Waals surface area contributed by atoms with Crippen LogP contribution in [0.4, 0.5) is 4.39 Å². The van der Waals surface area contributed by atoms with Gasteiger partial charge in [-0.15, -0.1) is 0 Å². The molecule has 0 aromatic heterocycles. The van der Waals surface area contributed by atoms with Crippen LogP contribution in [-0.2, 0) is 11.2 Å². The van der Waals surface area contributed by atoms with E-state index in [4.69, 9.17) is 4.74 Å². The number of hydrogen-bond acceptors (Lipinski definition) is 2. The van der Waals surface area contributed by atoms with E-state index in [1.54, 1.807) is 13.2 Å². The first-order valence-corrected chi connectivity index (χ1v) is 6.81. The van der Waals surface area contributed by atoms with E-state index in [0.29, 0.717) is 12.1 Å². The molecule has 1 saturated carbocycles. The van der Waals surface area contributed by atoms with Crippen molar-refractivity contribution in [3.63, 3.8) is 0 Å². The molecular formula is C15H22FNO. The van der Waals surface area contributed by atoms with Crippen molar-refractivity contribution in [3.8, 4) is 0 Å². The Morgan fingerprint density at radius 1 is 1.28 bits per heavy atom. The van der Waals surface area contributed by atoms with Gasteiger partial charge in [0.1, 0.15) is 5.82 Å². The van der Waals surface area contributed by atoms with E-state index in [0.717, 1.165) is 31.4 Å². The third-order valence-electron chi connectivity index (χ3n) is 3.76. The van der Waals surface area contributed by atoms with Crippen molar-refractivity contribution in [2.24, 2.45) is 0 Å². The van der Waals surface area contributed by atoms with Gasteiger partial charge in [0.2, 0.25) is 0 Å². The van der Waals surface area contributed by atoms with Gasteiger partial charge in [-0.3, -0.25) is 0 Å². The first-order chi connectivity index (χ1) is 8.81. The molecule has 2 rings (SSSR count). The van der Waals surface area contributed by atoms with Gasteiger partial charge in [0, 0.05) is 13.2 Å². The SMILES string of the molecule is CO[C@@H]1CCCC[C@@H]1NCCc1ccccc1F. The van der Waals surface area contributed by atoms with Crippen LogP contribution in [0.15, 0.2) is 24.3 Å². The van der Waals surface area contributed by atoms with E-state index >= 15 is 0 Å². The fraction of sp³-hybridized carbons (Fsp3) is 0.600. The van der Waals surface area contributed by atoms with Crippen LogP contribution >= 0.6 is 0 Å². The molecule has 0 amide bonds. The molecule has 0 unspecified atom stereocenters. The summed E-state index contributed by atoms with van der Waals surface area (Å²) in [5.74, 6) is -0.105. The standard InChI is InChI=1S/C15H22FNO/c1-18-15-9-5-4-8-14(15)17-11-10-12-6-2-3-7-13(12)16/h2-3,6-7,14-15,17H,4-5,8-11H2,1H3/t14-,15+/m0/s1. The molecule has 3 heteroatoms. The highest BCUT2D eigenvalue weighted by atomic mass is 19.1. The quantitative estimate of drug-likeness (QED) is 0.868. The second-order valence-electron chi connectivity index (χ2n) is 4.96. The van der Waals surface area contributed by atoms with Crippen LogP contribution in [0.3, 0.4) is 0 Å². The molecule has 100 valence electrons. The van der Waals surface area contributed by atoms with Crippen LogP contribution in [0, 0.1) is 5.82 Å². The van der Waals surface area contributed by atoms with Gasteiger partial charge >= 0.3 is 0 Å². The highest BCUT2D eigenvalue weighted by Gasteiger charge is 2.23. The van der Waals surface area contributed by atoms with Crippen molar-refractivity contribution in [1.29, 1.82) is 0 Å². The summed E-state index contributed by atoms with van der Waals surface area (Å²) in [7, 11) is 1.78. The summed E-state index contributed by atoms with van der Waals surface area (Å²) in [5, 5.41) is 3.51. The largest absolute Gasteiger partial charge is 0.380 e. The molecule has 2 atom stereocenters. The number of halogens is 1. The zero-order valence-electron chi connectivity index (χ0n) is 11.0. The first-order valence-electron chi connectivity index (χ1n) is 6.81. The molecule has 18 heavy (non-hydrogen) atoms. The second kappa shape index (κ2) is 6.86. The lowest BCUT2D eigenvalue weighted by atomic mass is 9.92. The van der Waals surface area contributed by atoms with Gasteiger partial charge in [-0.05, 0) is 37.4 Å². The van der Waals surface area contributed by atoms with Gasteiger partial charge in [0.05, 0.1) is 6.10 Å². The minimum atomic E-state index is -0.105. The summed E-state index contributed by atoms with van der Waals surface area (Å²) in [5.41, 5.74) is 0.787. The zero-order chi connectivity index (χ0) is 12.8. The molecule has 2 nitrogen and oxygen atoms in total.